The van der Waals surface area contributed by atoms with E-state index in [1.165, 1.54) is 47.3 Å². The van der Waals surface area contributed by atoms with E-state index in [-0.39, 0.29) is 11.2 Å². The van der Waals surface area contributed by atoms with Gasteiger partial charge < -0.3 is 0 Å². The highest BCUT2D eigenvalue weighted by Crippen LogP contribution is 2.30. The van der Waals surface area contributed by atoms with Crippen LogP contribution in [0.5, 0.6) is 0 Å². The lowest BCUT2D eigenvalue weighted by Gasteiger charge is -2.26. The minimum Gasteiger partial charge on any atom is -0.280 e. The molecule has 0 spiro atoms. The Morgan fingerprint density at radius 2 is 1.95 bits per heavy atom. The van der Waals surface area contributed by atoms with E-state index in [1.54, 1.807) is 7.05 Å². The molecule has 1 aliphatic rings. The molecule has 0 saturated heterocycles. The summed E-state index contributed by atoms with van der Waals surface area (Å²) < 4.78 is 2.77. The van der Waals surface area contributed by atoms with Crippen LogP contribution < -0.4 is 11.2 Å². The summed E-state index contributed by atoms with van der Waals surface area (Å²) in [6.07, 6.45) is 8.64. The Kier molecular flexibility index (Phi) is 4.09. The molecule has 0 N–H and O–H groups in total. The predicted molar refractivity (Wildman–Crippen MR) is 84.8 cm³/mol. The Balaban J connectivity index is 1.88. The third kappa shape index (κ3) is 2.69. The van der Waals surface area contributed by atoms with E-state index in [1.807, 2.05) is 0 Å². The summed E-state index contributed by atoms with van der Waals surface area (Å²) in [5.74, 6) is 1.43. The van der Waals surface area contributed by atoms with Gasteiger partial charge in [0.1, 0.15) is 11.7 Å². The van der Waals surface area contributed by atoms with Gasteiger partial charge in [-0.25, -0.2) is 14.8 Å². The van der Waals surface area contributed by atoms with Crippen LogP contribution in [0.2, 0.25) is 0 Å². The fourth-order valence-electron chi connectivity index (χ4n) is 3.37. The first-order chi connectivity index (χ1) is 10.6. The van der Waals surface area contributed by atoms with E-state index < -0.39 is 0 Å². The summed E-state index contributed by atoms with van der Waals surface area (Å²) in [7, 11) is 1.65. The van der Waals surface area contributed by atoms with Crippen LogP contribution in [-0.2, 0) is 13.6 Å². The highest BCUT2D eigenvalue weighted by atomic mass is 16.2. The fourth-order valence-corrected chi connectivity index (χ4v) is 3.37. The molecule has 0 aromatic carbocycles. The average Bonchev–Trinajstić information content (AvgIpc) is 2.54. The molecule has 22 heavy (non-hydrogen) atoms. The first kappa shape index (κ1) is 14.9. The van der Waals surface area contributed by atoms with Crippen molar-refractivity contribution in [3.8, 4) is 0 Å². The smallest absolute Gasteiger partial charge is 0.280 e. The van der Waals surface area contributed by atoms with Crippen LogP contribution in [-0.4, -0.2) is 19.1 Å². The van der Waals surface area contributed by atoms with E-state index in [2.05, 4.69) is 16.9 Å². The Morgan fingerprint density at radius 1 is 1.23 bits per heavy atom. The van der Waals surface area contributed by atoms with Gasteiger partial charge in [0, 0.05) is 19.8 Å². The normalized spacial score (nSPS) is 22.1. The predicted octanol–water partition coefficient (Wildman–Crippen LogP) is 1.71. The zero-order valence-corrected chi connectivity index (χ0v) is 13.2. The molecule has 2 aromatic rings. The summed E-state index contributed by atoms with van der Waals surface area (Å²) in [5, 5.41) is 0.405. The maximum absolute atomic E-state index is 12.5. The summed E-state index contributed by atoms with van der Waals surface area (Å²) in [5.41, 5.74) is -0.170. The molecule has 0 unspecified atom stereocenters. The van der Waals surface area contributed by atoms with E-state index in [0.29, 0.717) is 23.5 Å². The monoisotopic (exact) mass is 302 g/mol. The van der Waals surface area contributed by atoms with Crippen LogP contribution in [0.15, 0.2) is 22.1 Å². The van der Waals surface area contributed by atoms with Gasteiger partial charge in [0.15, 0.2) is 5.65 Å². The maximum Gasteiger partial charge on any atom is 0.332 e. The molecule has 118 valence electrons. The van der Waals surface area contributed by atoms with Gasteiger partial charge in [-0.15, -0.1) is 0 Å². The SMILES string of the molecule is CC1CCC(CCn2c(=O)c3cncnc3n(C)c2=O)CC1. The van der Waals surface area contributed by atoms with Crippen molar-refractivity contribution in [2.75, 3.05) is 0 Å². The molecule has 1 fully saturated rings. The van der Waals surface area contributed by atoms with Gasteiger partial charge in [-0.3, -0.25) is 13.9 Å². The number of aromatic nitrogens is 4. The molecule has 0 amide bonds. The number of nitrogens with zero attached hydrogens (tertiary/aromatic N) is 4. The molecule has 1 saturated carbocycles. The standard InChI is InChI=1S/C16H22N4O2/c1-11-3-5-12(6-4-11)7-8-20-15(21)13-9-17-10-18-14(13)19(2)16(20)22/h9-12H,3-8H2,1-2H3. The van der Waals surface area contributed by atoms with Crippen LogP contribution in [0.3, 0.4) is 0 Å². The Bertz CT molecular complexity index is 785. The first-order valence-corrected chi connectivity index (χ1v) is 7.97. The number of fused-ring (bicyclic) bond motifs is 1. The van der Waals surface area contributed by atoms with Crippen molar-refractivity contribution in [2.24, 2.45) is 18.9 Å². The van der Waals surface area contributed by atoms with E-state index in [0.717, 1.165) is 12.3 Å². The number of rotatable bonds is 3. The summed E-state index contributed by atoms with van der Waals surface area (Å²) in [4.78, 5) is 32.8. The molecular formula is C16H22N4O2. The second-order valence-electron chi connectivity index (χ2n) is 6.47. The van der Waals surface area contributed by atoms with Gasteiger partial charge in [-0.2, -0.15) is 0 Å². The van der Waals surface area contributed by atoms with Gasteiger partial charge >= 0.3 is 5.69 Å². The number of hydrogen-bond acceptors (Lipinski definition) is 4. The van der Waals surface area contributed by atoms with E-state index in [9.17, 15) is 9.59 Å². The van der Waals surface area contributed by atoms with Crippen molar-refractivity contribution in [2.45, 2.75) is 45.6 Å². The average molecular weight is 302 g/mol. The van der Waals surface area contributed by atoms with Crippen molar-refractivity contribution >= 4 is 11.0 Å². The molecule has 6 heteroatoms. The minimum absolute atomic E-state index is 0.275. The number of aryl methyl sites for hydroxylation is 1. The lowest BCUT2D eigenvalue weighted by molar-refractivity contribution is 0.266. The largest absolute Gasteiger partial charge is 0.332 e. The van der Waals surface area contributed by atoms with Crippen molar-refractivity contribution in [3.63, 3.8) is 0 Å². The zero-order valence-electron chi connectivity index (χ0n) is 13.2. The zero-order chi connectivity index (χ0) is 15.7. The second kappa shape index (κ2) is 6.02. The van der Waals surface area contributed by atoms with Gasteiger partial charge in [-0.1, -0.05) is 32.6 Å². The maximum atomic E-state index is 12.5. The minimum atomic E-state index is -0.291. The third-order valence-corrected chi connectivity index (χ3v) is 4.90. The number of hydrogen-bond donors (Lipinski definition) is 0. The van der Waals surface area contributed by atoms with Crippen molar-refractivity contribution < 1.29 is 0 Å². The van der Waals surface area contributed by atoms with Crippen LogP contribution in [0.4, 0.5) is 0 Å². The van der Waals surface area contributed by atoms with Crippen LogP contribution in [0, 0.1) is 11.8 Å². The Morgan fingerprint density at radius 3 is 2.68 bits per heavy atom. The molecule has 0 radical (unpaired) electrons. The lowest BCUT2D eigenvalue weighted by atomic mass is 9.81. The highest BCUT2D eigenvalue weighted by Gasteiger charge is 2.19. The molecule has 1 aliphatic carbocycles. The van der Waals surface area contributed by atoms with E-state index >= 15 is 0 Å². The lowest BCUT2D eigenvalue weighted by Crippen LogP contribution is -2.40. The fraction of sp³-hybridized carbons (Fsp3) is 0.625. The van der Waals surface area contributed by atoms with Crippen LogP contribution in [0.25, 0.3) is 11.0 Å². The first-order valence-electron chi connectivity index (χ1n) is 7.97. The third-order valence-electron chi connectivity index (χ3n) is 4.90. The molecule has 0 aliphatic heterocycles. The Hall–Kier alpha value is -1.98. The van der Waals surface area contributed by atoms with E-state index in [4.69, 9.17) is 0 Å². The van der Waals surface area contributed by atoms with Gasteiger partial charge in [0.05, 0.1) is 0 Å². The second-order valence-corrected chi connectivity index (χ2v) is 6.47. The van der Waals surface area contributed by atoms with Gasteiger partial charge in [0.25, 0.3) is 5.56 Å². The summed E-state index contributed by atoms with van der Waals surface area (Å²) in [6.45, 7) is 2.77. The van der Waals surface area contributed by atoms with Crippen molar-refractivity contribution in [1.29, 1.82) is 0 Å². The Labute approximate surface area is 128 Å². The van der Waals surface area contributed by atoms with Crippen LogP contribution >= 0.6 is 0 Å². The molecule has 0 atom stereocenters. The molecule has 0 bridgehead atoms. The van der Waals surface area contributed by atoms with Crippen LogP contribution in [0.1, 0.15) is 39.0 Å². The molecule has 6 nitrogen and oxygen atoms in total. The topological polar surface area (TPSA) is 69.8 Å². The molecule has 2 aromatic heterocycles. The molecule has 3 rings (SSSR count). The van der Waals surface area contributed by atoms with Crippen molar-refractivity contribution in [1.82, 2.24) is 19.1 Å². The van der Waals surface area contributed by atoms with Gasteiger partial charge in [-0.05, 0) is 18.3 Å². The summed E-state index contributed by atoms with van der Waals surface area (Å²) >= 11 is 0. The quantitative estimate of drug-likeness (QED) is 0.865. The molecular weight excluding hydrogens is 280 g/mol. The highest BCUT2D eigenvalue weighted by molar-refractivity contribution is 5.72. The van der Waals surface area contributed by atoms with Gasteiger partial charge in [0.2, 0.25) is 0 Å². The van der Waals surface area contributed by atoms with Crippen molar-refractivity contribution in [3.05, 3.63) is 33.4 Å². The summed E-state index contributed by atoms with van der Waals surface area (Å²) in [6, 6.07) is 0. The molecule has 2 heterocycles.